The van der Waals surface area contributed by atoms with E-state index in [1.165, 1.54) is 43.1 Å². The van der Waals surface area contributed by atoms with Crippen LogP contribution in [-0.4, -0.2) is 30.7 Å². The minimum absolute atomic E-state index is 0.0196. The number of benzene rings is 1. The number of hydrogen-bond donors (Lipinski definition) is 1. The molecule has 1 aromatic carbocycles. The second-order valence-electron chi connectivity index (χ2n) is 7.13. The van der Waals surface area contributed by atoms with E-state index in [-0.39, 0.29) is 28.8 Å². The van der Waals surface area contributed by atoms with Crippen molar-refractivity contribution in [3.63, 3.8) is 0 Å². The first-order chi connectivity index (χ1) is 14.0. The number of rotatable bonds is 5. The lowest BCUT2D eigenvalue weighted by atomic mass is 10.1. The first-order valence-electron chi connectivity index (χ1n) is 8.79. The lowest BCUT2D eigenvalue weighted by Gasteiger charge is -2.15. The van der Waals surface area contributed by atoms with Gasteiger partial charge in [-0.25, -0.2) is 13.8 Å². The van der Waals surface area contributed by atoms with Gasteiger partial charge >= 0.3 is 0 Å². The maximum Gasteiger partial charge on any atom is 0.279 e. The molecule has 30 heavy (non-hydrogen) atoms. The van der Waals surface area contributed by atoms with E-state index < -0.39 is 28.7 Å². The number of nitrogens with zero attached hydrogens (tertiary/aromatic N) is 3. The molecule has 0 saturated heterocycles. The van der Waals surface area contributed by atoms with Gasteiger partial charge in [0.05, 0.1) is 6.20 Å². The number of aliphatic hydroxyl groups is 1. The van der Waals surface area contributed by atoms with Crippen LogP contribution < -0.4 is 10.3 Å². The second kappa shape index (κ2) is 8.00. The lowest BCUT2D eigenvalue weighted by Crippen LogP contribution is -2.35. The quantitative estimate of drug-likeness (QED) is 0.662. The minimum Gasteiger partial charge on any atom is -0.487 e. The fraction of sp³-hybridized carbons (Fsp3) is 0.250. The van der Waals surface area contributed by atoms with Crippen molar-refractivity contribution >= 4 is 17.5 Å². The van der Waals surface area contributed by atoms with Crippen LogP contribution in [0.3, 0.4) is 0 Å². The smallest absolute Gasteiger partial charge is 0.279 e. The van der Waals surface area contributed by atoms with Gasteiger partial charge in [0.15, 0.2) is 5.82 Å². The Hall–Kier alpha value is -3.04. The summed E-state index contributed by atoms with van der Waals surface area (Å²) in [5, 5.41) is 9.57. The number of pyridine rings is 1. The molecule has 2 heterocycles. The molecule has 0 atom stereocenters. The van der Waals surface area contributed by atoms with Crippen LogP contribution in [0, 0.1) is 18.6 Å². The predicted octanol–water partition coefficient (Wildman–Crippen LogP) is 3.26. The summed E-state index contributed by atoms with van der Waals surface area (Å²) in [6.07, 6.45) is 2.47. The van der Waals surface area contributed by atoms with Gasteiger partial charge in [-0.3, -0.25) is 18.7 Å². The van der Waals surface area contributed by atoms with Gasteiger partial charge in [-0.1, -0.05) is 11.6 Å². The third kappa shape index (κ3) is 4.27. The van der Waals surface area contributed by atoms with Gasteiger partial charge in [-0.05, 0) is 32.9 Å². The molecule has 3 rings (SSSR count). The van der Waals surface area contributed by atoms with Gasteiger partial charge in [0.1, 0.15) is 40.9 Å². The zero-order valence-electron chi connectivity index (χ0n) is 16.3. The molecule has 0 fully saturated rings. The van der Waals surface area contributed by atoms with Gasteiger partial charge < -0.3 is 9.84 Å². The highest BCUT2D eigenvalue weighted by Gasteiger charge is 2.26. The highest BCUT2D eigenvalue weighted by molar-refractivity contribution is 6.31. The Labute approximate surface area is 175 Å². The third-order valence-corrected chi connectivity index (χ3v) is 4.60. The number of aromatic nitrogens is 3. The first kappa shape index (κ1) is 21.7. The molecule has 0 spiro atoms. The summed E-state index contributed by atoms with van der Waals surface area (Å²) in [5.41, 5.74) is -1.80. The van der Waals surface area contributed by atoms with Gasteiger partial charge in [0, 0.05) is 23.4 Å². The molecule has 7 nitrogen and oxygen atoms in total. The van der Waals surface area contributed by atoms with Crippen LogP contribution in [0.15, 0.2) is 41.6 Å². The molecule has 0 aliphatic rings. The van der Waals surface area contributed by atoms with Crippen LogP contribution >= 0.6 is 11.6 Å². The van der Waals surface area contributed by atoms with E-state index in [1.807, 2.05) is 0 Å². The Morgan fingerprint density at radius 3 is 2.63 bits per heavy atom. The Balaban J connectivity index is 1.91. The largest absolute Gasteiger partial charge is 0.487 e. The van der Waals surface area contributed by atoms with Crippen LogP contribution in [0.1, 0.15) is 29.9 Å². The number of ether oxygens (including phenoxy) is 1. The van der Waals surface area contributed by atoms with Crippen LogP contribution in [0.5, 0.6) is 5.75 Å². The van der Waals surface area contributed by atoms with Gasteiger partial charge in [-0.15, -0.1) is 0 Å². The SMILES string of the molecule is Cc1cc(OCc2ccc(F)cc2F)c(Cl)c(=O)n1-c1cn(C(=O)C(C)(C)O)cn1. The number of halogens is 3. The summed E-state index contributed by atoms with van der Waals surface area (Å²) < 4.78 is 34.5. The van der Waals surface area contributed by atoms with Crippen molar-refractivity contribution in [2.24, 2.45) is 0 Å². The summed E-state index contributed by atoms with van der Waals surface area (Å²) in [7, 11) is 0. The zero-order chi connectivity index (χ0) is 22.2. The van der Waals surface area contributed by atoms with Crippen molar-refractivity contribution in [2.75, 3.05) is 0 Å². The maximum atomic E-state index is 13.8. The molecule has 0 aliphatic carbocycles. The molecule has 1 N–H and O–H groups in total. The standard InChI is InChI=1S/C20H18ClF2N3O4/c1-11-6-15(30-9-12-4-5-13(22)7-14(12)23)17(21)18(27)26(11)16-8-25(10-24-16)19(28)20(2,3)29/h4-8,10,29H,9H2,1-3H3. The summed E-state index contributed by atoms with van der Waals surface area (Å²) in [5.74, 6) is -1.98. The molecule has 2 aromatic heterocycles. The molecule has 158 valence electrons. The molecule has 0 radical (unpaired) electrons. The zero-order valence-corrected chi connectivity index (χ0v) is 17.1. The Morgan fingerprint density at radius 2 is 2.00 bits per heavy atom. The summed E-state index contributed by atoms with van der Waals surface area (Å²) in [4.78, 5) is 28.9. The Morgan fingerprint density at radius 1 is 1.30 bits per heavy atom. The van der Waals surface area contributed by atoms with Crippen LogP contribution in [0.2, 0.25) is 5.02 Å². The van der Waals surface area contributed by atoms with Crippen molar-refractivity contribution in [3.8, 4) is 11.6 Å². The Kier molecular flexibility index (Phi) is 5.78. The molecule has 3 aromatic rings. The van der Waals surface area contributed by atoms with Crippen LogP contribution in [0.25, 0.3) is 5.82 Å². The fourth-order valence-corrected chi connectivity index (χ4v) is 2.91. The van der Waals surface area contributed by atoms with Crippen molar-refractivity contribution in [1.82, 2.24) is 14.1 Å². The van der Waals surface area contributed by atoms with Crippen molar-refractivity contribution in [2.45, 2.75) is 33.0 Å². The van der Waals surface area contributed by atoms with E-state index in [1.54, 1.807) is 6.92 Å². The molecule has 0 bridgehead atoms. The highest BCUT2D eigenvalue weighted by Crippen LogP contribution is 2.25. The highest BCUT2D eigenvalue weighted by atomic mass is 35.5. The summed E-state index contributed by atoms with van der Waals surface area (Å²) in [6, 6.07) is 4.52. The van der Waals surface area contributed by atoms with E-state index in [0.717, 1.165) is 16.7 Å². The molecule has 0 amide bonds. The fourth-order valence-electron chi connectivity index (χ4n) is 2.72. The topological polar surface area (TPSA) is 86.3 Å². The average Bonchev–Trinajstić information content (AvgIpc) is 3.12. The predicted molar refractivity (Wildman–Crippen MR) is 105 cm³/mol. The number of aryl methyl sites for hydroxylation is 1. The van der Waals surface area contributed by atoms with E-state index in [2.05, 4.69) is 4.98 Å². The molecule has 0 saturated carbocycles. The van der Waals surface area contributed by atoms with Gasteiger partial charge in [-0.2, -0.15) is 0 Å². The lowest BCUT2D eigenvalue weighted by molar-refractivity contribution is 0.0391. The maximum absolute atomic E-state index is 13.8. The average molecular weight is 438 g/mol. The van der Waals surface area contributed by atoms with Crippen LogP contribution in [0.4, 0.5) is 8.78 Å². The van der Waals surface area contributed by atoms with Crippen molar-refractivity contribution < 1.29 is 23.4 Å². The van der Waals surface area contributed by atoms with Crippen molar-refractivity contribution in [1.29, 1.82) is 0 Å². The van der Waals surface area contributed by atoms with E-state index in [0.29, 0.717) is 5.69 Å². The van der Waals surface area contributed by atoms with E-state index >= 15 is 0 Å². The number of imidazole rings is 1. The first-order valence-corrected chi connectivity index (χ1v) is 9.17. The third-order valence-electron chi connectivity index (χ3n) is 4.25. The van der Waals surface area contributed by atoms with Gasteiger partial charge in [0.25, 0.3) is 11.5 Å². The molecular formula is C20H18ClF2N3O4. The molecule has 10 heteroatoms. The van der Waals surface area contributed by atoms with Crippen molar-refractivity contribution in [3.05, 3.63) is 75.1 Å². The van der Waals surface area contributed by atoms with E-state index in [9.17, 15) is 23.5 Å². The number of hydrogen-bond acceptors (Lipinski definition) is 5. The molecule has 0 aliphatic heterocycles. The van der Waals surface area contributed by atoms with Gasteiger partial charge in [0.2, 0.25) is 0 Å². The summed E-state index contributed by atoms with van der Waals surface area (Å²) in [6.45, 7) is 4.00. The number of carbonyl (C=O) groups excluding carboxylic acids is 1. The minimum atomic E-state index is -1.62. The second-order valence-corrected chi connectivity index (χ2v) is 7.51. The molecular weight excluding hydrogens is 420 g/mol. The monoisotopic (exact) mass is 437 g/mol. The van der Waals surface area contributed by atoms with E-state index in [4.69, 9.17) is 16.3 Å². The Bertz CT molecular complexity index is 1180. The normalized spacial score (nSPS) is 11.6. The number of carbonyl (C=O) groups is 1. The van der Waals surface area contributed by atoms with Crippen LogP contribution in [-0.2, 0) is 6.61 Å². The molecule has 0 unspecified atom stereocenters. The summed E-state index contributed by atoms with van der Waals surface area (Å²) >= 11 is 6.14.